The van der Waals surface area contributed by atoms with Crippen molar-refractivity contribution in [3.8, 4) is 29.1 Å². The Kier molecular flexibility index (Phi) is 7.79. The number of benzene rings is 3. The van der Waals surface area contributed by atoms with Gasteiger partial charge in [0.15, 0.2) is 5.82 Å². The number of likely N-dealkylation sites (tertiary alicyclic amines) is 1. The lowest BCUT2D eigenvalue weighted by Crippen LogP contribution is -2.38. The van der Waals surface area contributed by atoms with Gasteiger partial charge in [-0.1, -0.05) is 41.9 Å². The number of pyridine rings is 1. The summed E-state index contributed by atoms with van der Waals surface area (Å²) in [5.41, 5.74) is 2.02. The Hall–Kier alpha value is -4.28. The van der Waals surface area contributed by atoms with Crippen molar-refractivity contribution >= 4 is 44.2 Å². The summed E-state index contributed by atoms with van der Waals surface area (Å²) >= 11 is 6.97. The molecule has 0 amide bonds. The zero-order valence-electron chi connectivity index (χ0n) is 25.2. The monoisotopic (exact) mass is 621 g/mol. The summed E-state index contributed by atoms with van der Waals surface area (Å²) in [4.78, 5) is 7.14. The van der Waals surface area contributed by atoms with E-state index in [0.29, 0.717) is 45.1 Å². The average Bonchev–Trinajstić information content (AvgIpc) is 3.69. The Morgan fingerprint density at radius 1 is 1.18 bits per heavy atom. The van der Waals surface area contributed by atoms with Crippen LogP contribution in [-0.4, -0.2) is 58.0 Å². The Bertz CT molecular complexity index is 2020. The molecular weight excluding hydrogens is 589 g/mol. The Labute approximate surface area is 266 Å². The van der Waals surface area contributed by atoms with Crippen molar-refractivity contribution in [2.75, 3.05) is 20.1 Å². The summed E-state index contributed by atoms with van der Waals surface area (Å²) in [6.45, 7) is 3.79. The highest BCUT2D eigenvalue weighted by atomic mass is 35.5. The summed E-state index contributed by atoms with van der Waals surface area (Å²) < 4.78 is 25.6. The van der Waals surface area contributed by atoms with Gasteiger partial charge in [0.05, 0.1) is 52.3 Å². The van der Waals surface area contributed by atoms with Gasteiger partial charge in [0.2, 0.25) is 5.88 Å². The highest BCUT2D eigenvalue weighted by Crippen LogP contribution is 2.43. The maximum Gasteiger partial charge on any atom is 0.225 e. The maximum absolute atomic E-state index is 17.1. The molecule has 8 nitrogen and oxygen atoms in total. The van der Waals surface area contributed by atoms with Crippen LogP contribution in [-0.2, 0) is 0 Å². The number of halogens is 2. The number of nitriles is 2. The van der Waals surface area contributed by atoms with Crippen molar-refractivity contribution in [2.24, 2.45) is 0 Å². The molecule has 2 saturated heterocycles. The van der Waals surface area contributed by atoms with E-state index in [1.165, 1.54) is 0 Å². The molecule has 5 aromatic rings. The van der Waals surface area contributed by atoms with Gasteiger partial charge in [-0.05, 0) is 75.8 Å². The van der Waals surface area contributed by atoms with Gasteiger partial charge in [-0.15, -0.1) is 0 Å². The minimum atomic E-state index is -0.574. The molecule has 0 unspecified atom stereocenters. The third-order valence-corrected chi connectivity index (χ3v) is 9.85. The third kappa shape index (κ3) is 5.06. The number of fused-ring (bicyclic) bond motifs is 4. The normalized spacial score (nSPS) is 21.2. The molecular formula is C35H33ClFN7O. The number of ether oxygens (including phenoxy) is 1. The fraction of sp³-hybridized carbons (Fsp3) is 0.371. The molecule has 228 valence electrons. The number of nitrogens with one attached hydrogen (secondary N) is 1. The van der Waals surface area contributed by atoms with Gasteiger partial charge in [-0.3, -0.25) is 9.58 Å². The lowest BCUT2D eigenvalue weighted by molar-refractivity contribution is 0.119. The van der Waals surface area contributed by atoms with Crippen LogP contribution in [0.2, 0.25) is 5.02 Å². The quantitative estimate of drug-likeness (QED) is 0.215. The SMILES string of the molecule is C[C@H](Oc1nc2c(F)c(-c3cccc4cccc(C#N)c34)c(Cl)cc2c2c1cnn2[C@H]1CCN[C@H](CC#N)C1)[C@@H]1CCCN1C. The minimum Gasteiger partial charge on any atom is -0.472 e. The first kappa shape index (κ1) is 29.4. The van der Waals surface area contributed by atoms with E-state index in [1.807, 2.05) is 35.9 Å². The lowest BCUT2D eigenvalue weighted by atomic mass is 9.93. The van der Waals surface area contributed by atoms with Crippen LogP contribution in [0.25, 0.3) is 43.7 Å². The molecule has 2 fully saturated rings. The molecule has 10 heteroatoms. The zero-order chi connectivity index (χ0) is 31.2. The maximum atomic E-state index is 17.1. The Morgan fingerprint density at radius 3 is 2.76 bits per heavy atom. The molecule has 0 bridgehead atoms. The van der Waals surface area contributed by atoms with Crippen molar-refractivity contribution < 1.29 is 9.13 Å². The fourth-order valence-corrected chi connectivity index (χ4v) is 7.65. The van der Waals surface area contributed by atoms with E-state index in [1.54, 1.807) is 24.4 Å². The molecule has 0 saturated carbocycles. The van der Waals surface area contributed by atoms with E-state index in [4.69, 9.17) is 26.4 Å². The summed E-state index contributed by atoms with van der Waals surface area (Å²) in [7, 11) is 2.10. The van der Waals surface area contributed by atoms with Crippen LogP contribution in [0.4, 0.5) is 4.39 Å². The predicted molar refractivity (Wildman–Crippen MR) is 174 cm³/mol. The lowest BCUT2D eigenvalue weighted by Gasteiger charge is -2.30. The van der Waals surface area contributed by atoms with Gasteiger partial charge in [-0.25, -0.2) is 9.37 Å². The fourth-order valence-electron chi connectivity index (χ4n) is 7.36. The van der Waals surface area contributed by atoms with Gasteiger partial charge in [0.1, 0.15) is 11.6 Å². The summed E-state index contributed by atoms with van der Waals surface area (Å²) in [5.74, 6) is -0.239. The second-order valence-corrected chi connectivity index (χ2v) is 12.6. The van der Waals surface area contributed by atoms with E-state index in [2.05, 4.69) is 29.4 Å². The van der Waals surface area contributed by atoms with Crippen molar-refractivity contribution in [3.63, 3.8) is 0 Å². The molecule has 0 radical (unpaired) electrons. The van der Waals surface area contributed by atoms with Gasteiger partial charge in [0.25, 0.3) is 0 Å². The number of rotatable bonds is 6. The van der Waals surface area contributed by atoms with Gasteiger partial charge in [-0.2, -0.15) is 15.6 Å². The first-order valence-electron chi connectivity index (χ1n) is 15.5. The molecule has 1 N–H and O–H groups in total. The smallest absolute Gasteiger partial charge is 0.225 e. The molecule has 4 atom stereocenters. The minimum absolute atomic E-state index is 0.00305. The van der Waals surface area contributed by atoms with Gasteiger partial charge >= 0.3 is 0 Å². The van der Waals surface area contributed by atoms with Crippen LogP contribution in [0, 0.1) is 28.5 Å². The van der Waals surface area contributed by atoms with E-state index in [-0.39, 0.29) is 40.3 Å². The number of nitrogens with zero attached hydrogens (tertiary/aromatic N) is 6. The average molecular weight is 622 g/mol. The van der Waals surface area contributed by atoms with E-state index in [0.717, 1.165) is 44.2 Å². The summed E-state index contributed by atoms with van der Waals surface area (Å²) in [6.07, 6.45) is 5.61. The molecule has 0 spiro atoms. The molecule has 2 aliphatic rings. The van der Waals surface area contributed by atoms with Crippen LogP contribution >= 0.6 is 11.6 Å². The van der Waals surface area contributed by atoms with E-state index >= 15 is 4.39 Å². The number of piperidine rings is 1. The predicted octanol–water partition coefficient (Wildman–Crippen LogP) is 7.14. The van der Waals surface area contributed by atoms with Crippen molar-refractivity contribution in [1.82, 2.24) is 25.0 Å². The topological polar surface area (TPSA) is 103 Å². The van der Waals surface area contributed by atoms with Gasteiger partial charge < -0.3 is 10.1 Å². The Balaban J connectivity index is 1.46. The number of hydrogen-bond acceptors (Lipinski definition) is 7. The van der Waals surface area contributed by atoms with Crippen molar-refractivity contribution in [1.29, 1.82) is 10.5 Å². The molecule has 0 aliphatic carbocycles. The number of likely N-dealkylation sites (N-methyl/N-ethyl adjacent to an activating group) is 1. The first-order chi connectivity index (χ1) is 21.9. The summed E-state index contributed by atoms with van der Waals surface area (Å²) in [5, 5.41) is 30.4. The highest BCUT2D eigenvalue weighted by molar-refractivity contribution is 6.35. The van der Waals surface area contributed by atoms with Crippen molar-refractivity contribution in [2.45, 2.75) is 63.3 Å². The standard InChI is InChI=1S/C35H33ClFN7O/c1-20(29-10-5-15-43(29)2)45-35-27-19-41-44(24-12-14-40-23(16-24)11-13-38)34(27)26-17-28(36)31(32(37)33(26)42-35)25-9-4-7-21-6-3-8-22(18-39)30(21)25/h3-4,6-9,17,19-20,23-24,29,40H,5,10-12,14-16H2,1-2H3/t20-,23+,24-,29-/m0/s1. The molecule has 2 aromatic heterocycles. The van der Waals surface area contributed by atoms with E-state index in [9.17, 15) is 10.5 Å². The number of hydrogen-bond donors (Lipinski definition) is 1. The third-order valence-electron chi connectivity index (χ3n) is 9.55. The van der Waals surface area contributed by atoms with Crippen LogP contribution in [0.5, 0.6) is 5.88 Å². The molecule has 2 aliphatic heterocycles. The second-order valence-electron chi connectivity index (χ2n) is 12.2. The molecule has 3 aromatic carbocycles. The van der Waals surface area contributed by atoms with Crippen LogP contribution in [0.15, 0.2) is 48.7 Å². The second kappa shape index (κ2) is 11.9. The first-order valence-corrected chi connectivity index (χ1v) is 15.9. The van der Waals surface area contributed by atoms with Crippen LogP contribution < -0.4 is 10.1 Å². The molecule has 7 rings (SSSR count). The van der Waals surface area contributed by atoms with Crippen LogP contribution in [0.3, 0.4) is 0 Å². The van der Waals surface area contributed by atoms with Crippen LogP contribution in [0.1, 0.15) is 50.6 Å². The van der Waals surface area contributed by atoms with E-state index < -0.39 is 5.82 Å². The largest absolute Gasteiger partial charge is 0.472 e. The molecule has 4 heterocycles. The number of aromatic nitrogens is 3. The summed E-state index contributed by atoms with van der Waals surface area (Å²) in [6, 6.07) is 17.5. The van der Waals surface area contributed by atoms with Gasteiger partial charge in [0, 0.05) is 28.4 Å². The Morgan fingerprint density at radius 2 is 2.00 bits per heavy atom. The van der Waals surface area contributed by atoms with Crippen molar-refractivity contribution in [3.05, 3.63) is 65.1 Å². The highest BCUT2D eigenvalue weighted by Gasteiger charge is 2.31. The zero-order valence-corrected chi connectivity index (χ0v) is 26.0. The molecule has 45 heavy (non-hydrogen) atoms.